The fourth-order valence-electron chi connectivity index (χ4n) is 1.67. The van der Waals surface area contributed by atoms with Gasteiger partial charge >= 0.3 is 0 Å². The number of hydrogen-bond acceptors (Lipinski definition) is 4. The maximum atomic E-state index is 12.2. The Kier molecular flexibility index (Phi) is 4.30. The van der Waals surface area contributed by atoms with Gasteiger partial charge in [-0.2, -0.15) is 0 Å². The molecule has 2 N–H and O–H groups in total. The third kappa shape index (κ3) is 3.94. The van der Waals surface area contributed by atoms with Crippen LogP contribution >= 0.6 is 0 Å². The number of carbonyl (C=O) groups excluding carboxylic acids is 2. The van der Waals surface area contributed by atoms with Gasteiger partial charge in [0.1, 0.15) is 5.76 Å². The van der Waals surface area contributed by atoms with Crippen LogP contribution in [-0.4, -0.2) is 17.0 Å². The molecule has 0 aliphatic carbocycles. The van der Waals surface area contributed by atoms with Crippen molar-refractivity contribution in [3.05, 3.63) is 41.7 Å². The van der Waals surface area contributed by atoms with E-state index in [1.165, 1.54) is 0 Å². The smallest absolute Gasteiger partial charge is 0.256 e. The van der Waals surface area contributed by atoms with Crippen LogP contribution in [0.1, 0.15) is 36.9 Å². The predicted octanol–water partition coefficient (Wildman–Crippen LogP) is 3.22. The second kappa shape index (κ2) is 6.01. The molecule has 0 aliphatic rings. The Labute approximate surface area is 128 Å². The molecule has 0 aliphatic heterocycles. The Balaban J connectivity index is 2.11. The number of rotatable bonds is 3. The van der Waals surface area contributed by atoms with E-state index >= 15 is 0 Å². The van der Waals surface area contributed by atoms with Crippen LogP contribution in [0.3, 0.4) is 0 Å². The Bertz CT molecular complexity index is 699. The summed E-state index contributed by atoms with van der Waals surface area (Å²) in [5.41, 5.74) is 0.493. The highest BCUT2D eigenvalue weighted by Gasteiger charge is 2.21. The van der Waals surface area contributed by atoms with Crippen molar-refractivity contribution >= 4 is 23.3 Å². The molecule has 22 heavy (non-hydrogen) atoms. The van der Waals surface area contributed by atoms with Gasteiger partial charge in [0.15, 0.2) is 5.82 Å². The first-order valence-electron chi connectivity index (χ1n) is 6.92. The predicted molar refractivity (Wildman–Crippen MR) is 83.7 cm³/mol. The lowest BCUT2D eigenvalue weighted by molar-refractivity contribution is -0.123. The molecule has 116 valence electrons. The lowest BCUT2D eigenvalue weighted by Gasteiger charge is -2.17. The summed E-state index contributed by atoms with van der Waals surface area (Å²) in [5.74, 6) is 0.533. The van der Waals surface area contributed by atoms with Crippen LogP contribution in [0, 0.1) is 12.3 Å². The van der Waals surface area contributed by atoms with Gasteiger partial charge in [0.05, 0.1) is 0 Å². The number of nitrogens with zero attached hydrogens (tertiary/aromatic N) is 1. The van der Waals surface area contributed by atoms with Crippen LogP contribution in [0.4, 0.5) is 11.5 Å². The summed E-state index contributed by atoms with van der Waals surface area (Å²) in [6.07, 6.45) is 0. The van der Waals surface area contributed by atoms with E-state index < -0.39 is 5.41 Å². The molecular formula is C16H19N3O3. The molecule has 1 aromatic heterocycles. The molecule has 0 saturated heterocycles. The molecule has 2 amide bonds. The highest BCUT2D eigenvalue weighted by Crippen LogP contribution is 2.18. The van der Waals surface area contributed by atoms with Gasteiger partial charge in [0.25, 0.3) is 5.91 Å². The molecule has 1 heterocycles. The van der Waals surface area contributed by atoms with E-state index in [2.05, 4.69) is 15.8 Å². The first-order chi connectivity index (χ1) is 10.3. The number of hydrogen-bond donors (Lipinski definition) is 2. The van der Waals surface area contributed by atoms with Gasteiger partial charge in [-0.3, -0.25) is 9.59 Å². The normalized spacial score (nSPS) is 11.1. The number of nitrogens with one attached hydrogen (secondary N) is 2. The third-order valence-corrected chi connectivity index (χ3v) is 2.93. The Morgan fingerprint density at radius 1 is 1.14 bits per heavy atom. The number of aromatic nitrogens is 1. The van der Waals surface area contributed by atoms with Crippen molar-refractivity contribution in [2.45, 2.75) is 27.7 Å². The zero-order chi connectivity index (χ0) is 16.3. The Hall–Kier alpha value is -2.63. The maximum Gasteiger partial charge on any atom is 0.256 e. The van der Waals surface area contributed by atoms with Crippen molar-refractivity contribution in [1.29, 1.82) is 0 Å². The maximum absolute atomic E-state index is 12.2. The van der Waals surface area contributed by atoms with Crippen molar-refractivity contribution in [3.8, 4) is 0 Å². The molecule has 6 heteroatoms. The first kappa shape index (κ1) is 15.8. The average Bonchev–Trinajstić information content (AvgIpc) is 2.83. The highest BCUT2D eigenvalue weighted by atomic mass is 16.5. The summed E-state index contributed by atoms with van der Waals surface area (Å²) in [6, 6.07) is 8.35. The molecule has 0 unspecified atom stereocenters. The van der Waals surface area contributed by atoms with Crippen molar-refractivity contribution in [3.63, 3.8) is 0 Å². The van der Waals surface area contributed by atoms with Crippen LogP contribution in [-0.2, 0) is 4.79 Å². The number of benzene rings is 1. The summed E-state index contributed by atoms with van der Waals surface area (Å²) < 4.78 is 4.89. The van der Waals surface area contributed by atoms with E-state index in [9.17, 15) is 9.59 Å². The van der Waals surface area contributed by atoms with Crippen LogP contribution in [0.5, 0.6) is 0 Å². The lowest BCUT2D eigenvalue weighted by Crippen LogP contribution is -2.27. The van der Waals surface area contributed by atoms with Crippen molar-refractivity contribution < 1.29 is 14.1 Å². The number of carbonyl (C=O) groups is 2. The molecule has 6 nitrogen and oxygen atoms in total. The summed E-state index contributed by atoms with van der Waals surface area (Å²) >= 11 is 0. The molecule has 0 atom stereocenters. The molecule has 2 aromatic rings. The molecule has 2 rings (SSSR count). The van der Waals surface area contributed by atoms with E-state index in [0.717, 1.165) is 0 Å². The quantitative estimate of drug-likeness (QED) is 0.911. The van der Waals surface area contributed by atoms with Crippen molar-refractivity contribution in [1.82, 2.24) is 5.16 Å². The summed E-state index contributed by atoms with van der Waals surface area (Å²) in [4.78, 5) is 24.1. The van der Waals surface area contributed by atoms with E-state index in [1.807, 2.05) is 20.8 Å². The summed E-state index contributed by atoms with van der Waals surface area (Å²) in [5, 5.41) is 9.13. The Morgan fingerprint density at radius 2 is 1.86 bits per heavy atom. The third-order valence-electron chi connectivity index (χ3n) is 2.93. The summed E-state index contributed by atoms with van der Waals surface area (Å²) in [7, 11) is 0. The molecule has 0 bridgehead atoms. The van der Waals surface area contributed by atoms with Gasteiger partial charge in [-0.25, -0.2) is 0 Å². The van der Waals surface area contributed by atoms with Crippen LogP contribution < -0.4 is 10.6 Å². The van der Waals surface area contributed by atoms with Gasteiger partial charge in [-0.15, -0.1) is 0 Å². The van der Waals surface area contributed by atoms with Gasteiger partial charge < -0.3 is 15.2 Å². The molecule has 0 saturated carbocycles. The fraction of sp³-hybridized carbons (Fsp3) is 0.312. The van der Waals surface area contributed by atoms with Crippen molar-refractivity contribution in [2.75, 3.05) is 10.6 Å². The first-order valence-corrected chi connectivity index (χ1v) is 6.92. The van der Waals surface area contributed by atoms with Crippen LogP contribution in [0.25, 0.3) is 0 Å². The van der Waals surface area contributed by atoms with Gasteiger partial charge in [0.2, 0.25) is 5.91 Å². The molecule has 1 aromatic carbocycles. The minimum Gasteiger partial charge on any atom is -0.360 e. The zero-order valence-electron chi connectivity index (χ0n) is 13.1. The second-order valence-electron chi connectivity index (χ2n) is 6.06. The summed E-state index contributed by atoms with van der Waals surface area (Å²) in [6.45, 7) is 7.22. The van der Waals surface area contributed by atoms with Crippen LogP contribution in [0.15, 0.2) is 34.9 Å². The molecular weight excluding hydrogens is 282 g/mol. The van der Waals surface area contributed by atoms with E-state index in [0.29, 0.717) is 22.8 Å². The lowest BCUT2D eigenvalue weighted by atomic mass is 9.95. The minimum absolute atomic E-state index is 0.114. The van der Waals surface area contributed by atoms with E-state index in [1.54, 1.807) is 37.3 Å². The zero-order valence-corrected chi connectivity index (χ0v) is 13.1. The highest BCUT2D eigenvalue weighted by molar-refractivity contribution is 6.05. The standard InChI is InChI=1S/C16H19N3O3/c1-10-8-13(19-22-10)18-14(20)11-6-5-7-12(9-11)17-15(21)16(2,3)4/h5-9H,1-4H3,(H,17,21)(H,18,19,20). The monoisotopic (exact) mass is 301 g/mol. The van der Waals surface area contributed by atoms with E-state index in [4.69, 9.17) is 4.52 Å². The Morgan fingerprint density at radius 3 is 2.45 bits per heavy atom. The van der Waals surface area contributed by atoms with Gasteiger partial charge in [-0.05, 0) is 25.1 Å². The average molecular weight is 301 g/mol. The van der Waals surface area contributed by atoms with Crippen molar-refractivity contribution in [2.24, 2.45) is 5.41 Å². The largest absolute Gasteiger partial charge is 0.360 e. The SMILES string of the molecule is Cc1cc(NC(=O)c2cccc(NC(=O)C(C)(C)C)c2)no1. The fourth-order valence-corrected chi connectivity index (χ4v) is 1.67. The number of anilines is 2. The number of amides is 2. The molecule has 0 radical (unpaired) electrons. The van der Waals surface area contributed by atoms with Gasteiger partial charge in [0, 0.05) is 22.7 Å². The van der Waals surface area contributed by atoms with E-state index in [-0.39, 0.29) is 11.8 Å². The molecule has 0 fully saturated rings. The number of aryl methyl sites for hydroxylation is 1. The second-order valence-corrected chi connectivity index (χ2v) is 6.06. The van der Waals surface area contributed by atoms with Gasteiger partial charge in [-0.1, -0.05) is 32.0 Å². The minimum atomic E-state index is -0.503. The van der Waals surface area contributed by atoms with Crippen LogP contribution in [0.2, 0.25) is 0 Å². The topological polar surface area (TPSA) is 84.2 Å². The molecule has 0 spiro atoms.